The Morgan fingerprint density at radius 2 is 1.97 bits per heavy atom. The van der Waals surface area contributed by atoms with Gasteiger partial charge >= 0.3 is 0 Å². The minimum atomic E-state index is -0.476. The number of fused-ring (bicyclic) bond motifs is 2. The van der Waals surface area contributed by atoms with Gasteiger partial charge in [0.25, 0.3) is 0 Å². The van der Waals surface area contributed by atoms with Crippen LogP contribution in [0.5, 0.6) is 0 Å². The molecule has 2 amide bonds. The number of nitrogens with zero attached hydrogens (tertiary/aromatic N) is 4. The summed E-state index contributed by atoms with van der Waals surface area (Å²) in [5, 5.41) is 8.92. The van der Waals surface area contributed by atoms with E-state index in [4.69, 9.17) is 11.6 Å². The van der Waals surface area contributed by atoms with Crippen LogP contribution in [0.3, 0.4) is 0 Å². The number of halogens is 1. The lowest BCUT2D eigenvalue weighted by molar-refractivity contribution is -0.140. The third-order valence-electron chi connectivity index (χ3n) is 7.29. The van der Waals surface area contributed by atoms with Crippen molar-refractivity contribution in [3.05, 3.63) is 59.0 Å². The highest BCUT2D eigenvalue weighted by Crippen LogP contribution is 2.49. The minimum absolute atomic E-state index is 0.0336. The van der Waals surface area contributed by atoms with Gasteiger partial charge in [-0.2, -0.15) is 5.10 Å². The summed E-state index contributed by atoms with van der Waals surface area (Å²) in [6, 6.07) is 9.12. The van der Waals surface area contributed by atoms with E-state index < -0.39 is 6.04 Å². The molecule has 3 aromatic rings. The smallest absolute Gasteiger partial charge is 0.245 e. The standard InChI is InChI=1S/C25H24ClN5O3/c1-13(32)24-16-6-7-27-11-22(16)30(29-24)12-23(33)31-20-8-14(20)9-21(31)25(34)28-19-10-17(19)15-4-2-3-5-18(15)26/h2-7,11,14,17,19-21H,8-10,12H2,1H3,(H,28,34)/t14-,17-,19+,20-,21-/m0/s1. The third-order valence-corrected chi connectivity index (χ3v) is 7.63. The van der Waals surface area contributed by atoms with Gasteiger partial charge in [0.15, 0.2) is 5.78 Å². The predicted molar refractivity (Wildman–Crippen MR) is 125 cm³/mol. The second-order valence-electron chi connectivity index (χ2n) is 9.55. The molecule has 174 valence electrons. The van der Waals surface area contributed by atoms with Gasteiger partial charge in [-0.3, -0.25) is 24.0 Å². The number of carbonyl (C=O) groups is 3. The number of ketones is 1. The number of hydrogen-bond donors (Lipinski definition) is 1. The normalized spacial score (nSPS) is 26.9. The van der Waals surface area contributed by atoms with Crippen LogP contribution in [0.2, 0.25) is 5.02 Å². The molecule has 0 radical (unpaired) electrons. The van der Waals surface area contributed by atoms with E-state index in [1.54, 1.807) is 23.4 Å². The molecule has 3 fully saturated rings. The van der Waals surface area contributed by atoms with Crippen molar-refractivity contribution in [3.63, 3.8) is 0 Å². The number of carbonyl (C=O) groups excluding carboxylic acids is 3. The van der Waals surface area contributed by atoms with Gasteiger partial charge in [0.1, 0.15) is 18.3 Å². The van der Waals surface area contributed by atoms with Gasteiger partial charge in [0.05, 0.1) is 11.7 Å². The van der Waals surface area contributed by atoms with Gasteiger partial charge in [-0.25, -0.2) is 0 Å². The quantitative estimate of drug-likeness (QED) is 0.550. The summed E-state index contributed by atoms with van der Waals surface area (Å²) in [5.74, 6) is 0.164. The van der Waals surface area contributed by atoms with Crippen LogP contribution in [-0.2, 0) is 16.1 Å². The first-order valence-corrected chi connectivity index (χ1v) is 12.0. The Bertz CT molecular complexity index is 1340. The number of nitrogens with one attached hydrogen (secondary N) is 1. The molecule has 8 nitrogen and oxygen atoms in total. The van der Waals surface area contributed by atoms with Crippen molar-refractivity contribution in [1.29, 1.82) is 0 Å². The number of benzene rings is 1. The number of pyridine rings is 1. The van der Waals surface area contributed by atoms with Crippen LogP contribution in [0.1, 0.15) is 48.2 Å². The number of piperidine rings is 1. The molecule has 0 spiro atoms. The lowest BCUT2D eigenvalue weighted by Crippen LogP contribution is -2.49. The van der Waals surface area contributed by atoms with Crippen molar-refractivity contribution in [2.45, 2.75) is 56.8 Å². The molecule has 6 rings (SSSR count). The number of Topliss-reactive ketones (excluding diaryl/α,β-unsaturated/α-hetero) is 1. The maximum absolute atomic E-state index is 13.4. The second-order valence-corrected chi connectivity index (χ2v) is 9.96. The van der Waals surface area contributed by atoms with Gasteiger partial charge in [0, 0.05) is 41.5 Å². The van der Waals surface area contributed by atoms with E-state index in [0.29, 0.717) is 34.0 Å². The van der Waals surface area contributed by atoms with Crippen molar-refractivity contribution >= 4 is 40.1 Å². The Hall–Kier alpha value is -3.26. The summed E-state index contributed by atoms with van der Waals surface area (Å²) in [5.41, 5.74) is 2.01. The maximum atomic E-state index is 13.4. The Morgan fingerprint density at radius 3 is 2.76 bits per heavy atom. The van der Waals surface area contributed by atoms with Crippen molar-refractivity contribution in [2.75, 3.05) is 0 Å². The van der Waals surface area contributed by atoms with E-state index in [0.717, 1.165) is 18.4 Å². The molecule has 2 saturated carbocycles. The lowest BCUT2D eigenvalue weighted by Gasteiger charge is -2.27. The SMILES string of the molecule is CC(=O)c1nn(CC(=O)N2[C@H](C(=O)N[C@@H]3C[C@H]3c3ccccc3Cl)C[C@@H]3C[C@@H]32)c2cnccc12. The van der Waals surface area contributed by atoms with Gasteiger partial charge < -0.3 is 10.2 Å². The molecule has 0 unspecified atom stereocenters. The highest BCUT2D eigenvalue weighted by molar-refractivity contribution is 6.31. The molecule has 3 heterocycles. The molecule has 2 aromatic heterocycles. The topological polar surface area (TPSA) is 97.2 Å². The van der Waals surface area contributed by atoms with Crippen molar-refractivity contribution in [1.82, 2.24) is 25.0 Å². The molecule has 2 aliphatic carbocycles. The average Bonchev–Trinajstić information content (AvgIpc) is 3.69. The molecular formula is C25H24ClN5O3. The highest BCUT2D eigenvalue weighted by Gasteiger charge is 2.56. The van der Waals surface area contributed by atoms with E-state index in [1.165, 1.54) is 11.6 Å². The van der Waals surface area contributed by atoms with Crippen LogP contribution >= 0.6 is 11.6 Å². The summed E-state index contributed by atoms with van der Waals surface area (Å²) in [6.07, 6.45) is 5.68. The highest BCUT2D eigenvalue weighted by atomic mass is 35.5. The van der Waals surface area contributed by atoms with Crippen LogP contribution in [0.25, 0.3) is 10.9 Å². The number of amides is 2. The number of rotatable bonds is 6. The average molecular weight is 478 g/mol. The van der Waals surface area contributed by atoms with E-state index >= 15 is 0 Å². The predicted octanol–water partition coefficient (Wildman–Crippen LogP) is 2.95. The fourth-order valence-corrected chi connectivity index (χ4v) is 5.69. The molecule has 1 aliphatic heterocycles. The van der Waals surface area contributed by atoms with Crippen LogP contribution in [0.4, 0.5) is 0 Å². The van der Waals surface area contributed by atoms with E-state index in [-0.39, 0.29) is 42.1 Å². The summed E-state index contributed by atoms with van der Waals surface area (Å²) in [6.45, 7) is 1.42. The fraction of sp³-hybridized carbons (Fsp3) is 0.400. The number of likely N-dealkylation sites (tertiary alicyclic amines) is 1. The molecule has 1 saturated heterocycles. The van der Waals surface area contributed by atoms with E-state index in [1.807, 2.05) is 24.3 Å². The maximum Gasteiger partial charge on any atom is 0.245 e. The Balaban J connectivity index is 1.17. The third kappa shape index (κ3) is 3.57. The number of hydrogen-bond acceptors (Lipinski definition) is 5. The van der Waals surface area contributed by atoms with Crippen LogP contribution < -0.4 is 5.32 Å². The van der Waals surface area contributed by atoms with E-state index in [2.05, 4.69) is 15.4 Å². The van der Waals surface area contributed by atoms with E-state index in [9.17, 15) is 14.4 Å². The number of aromatic nitrogens is 3. The summed E-state index contributed by atoms with van der Waals surface area (Å²) >= 11 is 6.32. The molecule has 0 bridgehead atoms. The first-order chi connectivity index (χ1) is 16.4. The molecule has 1 N–H and O–H groups in total. The van der Waals surface area contributed by atoms with Crippen molar-refractivity contribution < 1.29 is 14.4 Å². The lowest BCUT2D eigenvalue weighted by atomic mass is 10.1. The molecule has 34 heavy (non-hydrogen) atoms. The summed E-state index contributed by atoms with van der Waals surface area (Å²) < 4.78 is 1.53. The monoisotopic (exact) mass is 477 g/mol. The van der Waals surface area contributed by atoms with Crippen molar-refractivity contribution in [3.8, 4) is 0 Å². The molecule has 1 aromatic carbocycles. The first-order valence-electron chi connectivity index (χ1n) is 11.6. The zero-order chi connectivity index (χ0) is 23.6. The van der Waals surface area contributed by atoms with Crippen LogP contribution in [0.15, 0.2) is 42.7 Å². The Labute approximate surface area is 201 Å². The molecule has 9 heteroatoms. The first kappa shape index (κ1) is 21.3. The Kier molecular flexibility index (Phi) is 4.95. The van der Waals surface area contributed by atoms with Gasteiger partial charge in [-0.15, -0.1) is 0 Å². The minimum Gasteiger partial charge on any atom is -0.351 e. The van der Waals surface area contributed by atoms with Crippen LogP contribution in [0, 0.1) is 5.92 Å². The molecule has 5 atom stereocenters. The Morgan fingerprint density at radius 1 is 1.15 bits per heavy atom. The largest absolute Gasteiger partial charge is 0.351 e. The zero-order valence-corrected chi connectivity index (χ0v) is 19.4. The van der Waals surface area contributed by atoms with Gasteiger partial charge in [-0.1, -0.05) is 29.8 Å². The second kappa shape index (κ2) is 7.91. The zero-order valence-electron chi connectivity index (χ0n) is 18.6. The van der Waals surface area contributed by atoms with Crippen molar-refractivity contribution in [2.24, 2.45) is 5.92 Å². The van der Waals surface area contributed by atoms with Gasteiger partial charge in [-0.05, 0) is 42.9 Å². The summed E-state index contributed by atoms with van der Waals surface area (Å²) in [4.78, 5) is 44.5. The van der Waals surface area contributed by atoms with Crippen LogP contribution in [-0.4, -0.2) is 55.4 Å². The fourth-order valence-electron chi connectivity index (χ4n) is 5.41. The molecular weight excluding hydrogens is 454 g/mol. The molecule has 3 aliphatic rings. The summed E-state index contributed by atoms with van der Waals surface area (Å²) in [7, 11) is 0. The van der Waals surface area contributed by atoms with Gasteiger partial charge in [0.2, 0.25) is 11.8 Å².